The molecule has 1 rings (SSSR count). The standard InChI is InChI=1S/C10H10O3/c1-7(5-11)9-3-2-8(6-12)4-10(9)13/h2-7,13H,1H3. The van der Waals surface area contributed by atoms with E-state index in [4.69, 9.17) is 0 Å². The summed E-state index contributed by atoms with van der Waals surface area (Å²) in [5, 5.41) is 9.41. The van der Waals surface area contributed by atoms with Crippen molar-refractivity contribution in [1.29, 1.82) is 0 Å². The van der Waals surface area contributed by atoms with Crippen LogP contribution in [0.2, 0.25) is 0 Å². The Bertz CT molecular complexity index is 331. The summed E-state index contributed by atoms with van der Waals surface area (Å²) >= 11 is 0. The Morgan fingerprint density at radius 1 is 1.38 bits per heavy atom. The second-order valence-electron chi connectivity index (χ2n) is 2.86. The van der Waals surface area contributed by atoms with Gasteiger partial charge in [-0.15, -0.1) is 0 Å². The first-order valence-electron chi connectivity index (χ1n) is 3.92. The molecule has 0 radical (unpaired) electrons. The second-order valence-corrected chi connectivity index (χ2v) is 2.86. The van der Waals surface area contributed by atoms with Crippen molar-refractivity contribution in [2.24, 2.45) is 0 Å². The monoisotopic (exact) mass is 178 g/mol. The van der Waals surface area contributed by atoms with E-state index >= 15 is 0 Å². The fourth-order valence-electron chi connectivity index (χ4n) is 1.09. The molecule has 0 saturated heterocycles. The molecule has 0 saturated carbocycles. The van der Waals surface area contributed by atoms with Gasteiger partial charge in [0, 0.05) is 17.0 Å². The van der Waals surface area contributed by atoms with E-state index in [1.54, 1.807) is 19.1 Å². The predicted octanol–water partition coefficient (Wildman–Crippen LogP) is 1.51. The van der Waals surface area contributed by atoms with Crippen LogP contribution in [0.1, 0.15) is 28.8 Å². The number of carbonyl (C=O) groups is 2. The first kappa shape index (κ1) is 9.45. The van der Waals surface area contributed by atoms with Crippen LogP contribution in [-0.2, 0) is 4.79 Å². The van der Waals surface area contributed by atoms with Crippen molar-refractivity contribution in [2.45, 2.75) is 12.8 Å². The van der Waals surface area contributed by atoms with Gasteiger partial charge in [-0.2, -0.15) is 0 Å². The van der Waals surface area contributed by atoms with Crippen LogP contribution in [0, 0.1) is 0 Å². The van der Waals surface area contributed by atoms with Gasteiger partial charge in [-0.1, -0.05) is 19.1 Å². The van der Waals surface area contributed by atoms with E-state index in [9.17, 15) is 14.7 Å². The molecule has 3 nitrogen and oxygen atoms in total. The van der Waals surface area contributed by atoms with E-state index in [2.05, 4.69) is 0 Å². The normalized spacial score (nSPS) is 12.1. The van der Waals surface area contributed by atoms with Crippen LogP contribution >= 0.6 is 0 Å². The zero-order chi connectivity index (χ0) is 9.84. The van der Waals surface area contributed by atoms with E-state index in [0.29, 0.717) is 17.4 Å². The first-order valence-corrected chi connectivity index (χ1v) is 3.92. The third-order valence-corrected chi connectivity index (χ3v) is 1.89. The molecule has 13 heavy (non-hydrogen) atoms. The number of hydrogen-bond acceptors (Lipinski definition) is 3. The van der Waals surface area contributed by atoms with E-state index in [0.717, 1.165) is 6.29 Å². The summed E-state index contributed by atoms with van der Waals surface area (Å²) in [6, 6.07) is 4.50. The number of hydrogen-bond donors (Lipinski definition) is 1. The summed E-state index contributed by atoms with van der Waals surface area (Å²) < 4.78 is 0. The van der Waals surface area contributed by atoms with Gasteiger partial charge in [-0.25, -0.2) is 0 Å². The van der Waals surface area contributed by atoms with Gasteiger partial charge in [-0.3, -0.25) is 4.79 Å². The maximum Gasteiger partial charge on any atom is 0.150 e. The lowest BCUT2D eigenvalue weighted by Gasteiger charge is -2.06. The minimum atomic E-state index is -0.347. The number of phenolic OH excluding ortho intramolecular Hbond substituents is 1. The molecule has 0 heterocycles. The predicted molar refractivity (Wildman–Crippen MR) is 48.0 cm³/mol. The number of benzene rings is 1. The lowest BCUT2D eigenvalue weighted by molar-refractivity contribution is -0.108. The summed E-state index contributed by atoms with van der Waals surface area (Å²) in [4.78, 5) is 20.8. The van der Waals surface area contributed by atoms with E-state index < -0.39 is 0 Å². The average Bonchev–Trinajstić information content (AvgIpc) is 2.16. The molecular weight excluding hydrogens is 168 g/mol. The minimum absolute atomic E-state index is 0.01000. The summed E-state index contributed by atoms with van der Waals surface area (Å²) in [5.41, 5.74) is 0.944. The van der Waals surface area contributed by atoms with Gasteiger partial charge >= 0.3 is 0 Å². The molecule has 1 N–H and O–H groups in total. The second kappa shape index (κ2) is 3.85. The molecule has 0 fully saturated rings. The van der Waals surface area contributed by atoms with Gasteiger partial charge in [0.05, 0.1) is 0 Å². The number of rotatable bonds is 3. The molecule has 3 heteroatoms. The summed E-state index contributed by atoms with van der Waals surface area (Å²) in [6.07, 6.45) is 1.39. The van der Waals surface area contributed by atoms with Crippen molar-refractivity contribution in [3.8, 4) is 5.75 Å². The van der Waals surface area contributed by atoms with Crippen molar-refractivity contribution < 1.29 is 14.7 Å². The van der Waals surface area contributed by atoms with Crippen LogP contribution in [0.3, 0.4) is 0 Å². The number of aromatic hydroxyl groups is 1. The molecule has 1 unspecified atom stereocenters. The number of aldehydes is 2. The molecule has 0 aliphatic rings. The van der Waals surface area contributed by atoms with Gasteiger partial charge in [0.15, 0.2) is 0 Å². The van der Waals surface area contributed by atoms with Crippen molar-refractivity contribution in [3.05, 3.63) is 29.3 Å². The van der Waals surface area contributed by atoms with Gasteiger partial charge in [0.2, 0.25) is 0 Å². The summed E-state index contributed by atoms with van der Waals surface area (Å²) in [7, 11) is 0. The topological polar surface area (TPSA) is 54.4 Å². The van der Waals surface area contributed by atoms with Crippen LogP contribution in [0.15, 0.2) is 18.2 Å². The summed E-state index contributed by atoms with van der Waals surface area (Å²) in [5.74, 6) is -0.357. The van der Waals surface area contributed by atoms with E-state index in [1.807, 2.05) is 0 Å². The zero-order valence-corrected chi connectivity index (χ0v) is 7.23. The van der Waals surface area contributed by atoms with E-state index in [-0.39, 0.29) is 11.7 Å². The highest BCUT2D eigenvalue weighted by atomic mass is 16.3. The van der Waals surface area contributed by atoms with Crippen LogP contribution in [0.4, 0.5) is 0 Å². The third-order valence-electron chi connectivity index (χ3n) is 1.89. The van der Waals surface area contributed by atoms with Gasteiger partial charge < -0.3 is 9.90 Å². The molecule has 0 bridgehead atoms. The maximum atomic E-state index is 10.4. The van der Waals surface area contributed by atoms with Crippen molar-refractivity contribution in [1.82, 2.24) is 0 Å². The first-order chi connectivity index (χ1) is 6.19. The van der Waals surface area contributed by atoms with E-state index in [1.165, 1.54) is 6.07 Å². The molecule has 1 aromatic carbocycles. The lowest BCUT2D eigenvalue weighted by Crippen LogP contribution is -1.95. The Morgan fingerprint density at radius 3 is 2.54 bits per heavy atom. The minimum Gasteiger partial charge on any atom is -0.508 e. The Labute approximate surface area is 76.0 Å². The average molecular weight is 178 g/mol. The van der Waals surface area contributed by atoms with Crippen LogP contribution in [0.5, 0.6) is 5.75 Å². The molecule has 0 aromatic heterocycles. The Balaban J connectivity index is 3.11. The van der Waals surface area contributed by atoms with Crippen molar-refractivity contribution in [3.63, 3.8) is 0 Å². The molecule has 0 amide bonds. The van der Waals surface area contributed by atoms with Crippen LogP contribution in [0.25, 0.3) is 0 Å². The van der Waals surface area contributed by atoms with Gasteiger partial charge in [0.1, 0.15) is 18.3 Å². The van der Waals surface area contributed by atoms with Crippen LogP contribution in [-0.4, -0.2) is 17.7 Å². The highest BCUT2D eigenvalue weighted by Crippen LogP contribution is 2.24. The molecule has 0 spiro atoms. The number of phenols is 1. The molecule has 0 aliphatic heterocycles. The Hall–Kier alpha value is -1.64. The molecule has 0 aliphatic carbocycles. The summed E-state index contributed by atoms with van der Waals surface area (Å²) in [6.45, 7) is 1.68. The third kappa shape index (κ3) is 1.93. The van der Waals surface area contributed by atoms with Crippen LogP contribution < -0.4 is 0 Å². The Kier molecular flexibility index (Phi) is 2.80. The zero-order valence-electron chi connectivity index (χ0n) is 7.23. The fourth-order valence-corrected chi connectivity index (χ4v) is 1.09. The van der Waals surface area contributed by atoms with Crippen molar-refractivity contribution >= 4 is 12.6 Å². The molecule has 1 aromatic rings. The van der Waals surface area contributed by atoms with Gasteiger partial charge in [-0.05, 0) is 6.07 Å². The number of carbonyl (C=O) groups excluding carboxylic acids is 2. The quantitative estimate of drug-likeness (QED) is 0.713. The largest absolute Gasteiger partial charge is 0.508 e. The molecule has 1 atom stereocenters. The fraction of sp³-hybridized carbons (Fsp3) is 0.200. The maximum absolute atomic E-state index is 10.4. The lowest BCUT2D eigenvalue weighted by atomic mass is 10.0. The Morgan fingerprint density at radius 2 is 2.08 bits per heavy atom. The highest BCUT2D eigenvalue weighted by Gasteiger charge is 2.09. The smallest absolute Gasteiger partial charge is 0.150 e. The van der Waals surface area contributed by atoms with Crippen molar-refractivity contribution in [2.75, 3.05) is 0 Å². The SMILES string of the molecule is CC(C=O)c1ccc(C=O)cc1O. The molecular formula is C10H10O3. The highest BCUT2D eigenvalue weighted by molar-refractivity contribution is 5.76. The van der Waals surface area contributed by atoms with Gasteiger partial charge in [0.25, 0.3) is 0 Å². The molecule has 68 valence electrons.